The second kappa shape index (κ2) is 7.59. The Balaban J connectivity index is 1.56. The summed E-state index contributed by atoms with van der Waals surface area (Å²) in [5.41, 5.74) is 1.52. The number of ether oxygens (including phenoxy) is 3. The molecule has 0 bridgehead atoms. The number of benzene rings is 2. The highest BCUT2D eigenvalue weighted by atomic mass is 19.1. The van der Waals surface area contributed by atoms with E-state index in [0.717, 1.165) is 11.1 Å². The van der Waals surface area contributed by atoms with Gasteiger partial charge in [0.2, 0.25) is 0 Å². The Morgan fingerprint density at radius 2 is 1.92 bits per heavy atom. The van der Waals surface area contributed by atoms with Crippen LogP contribution in [-0.2, 0) is 17.9 Å². The molecule has 1 aliphatic rings. The van der Waals surface area contributed by atoms with E-state index in [1.54, 1.807) is 12.1 Å². The van der Waals surface area contributed by atoms with E-state index in [1.807, 2.05) is 11.9 Å². The molecular formula is C18H19F2NO3. The molecule has 0 fully saturated rings. The summed E-state index contributed by atoms with van der Waals surface area (Å²) in [4.78, 5) is 2.01. The van der Waals surface area contributed by atoms with Crippen molar-refractivity contribution in [2.75, 3.05) is 27.0 Å². The third-order valence-corrected chi connectivity index (χ3v) is 3.75. The Morgan fingerprint density at radius 3 is 2.71 bits per heavy atom. The predicted molar refractivity (Wildman–Crippen MR) is 84.9 cm³/mol. The zero-order valence-corrected chi connectivity index (χ0v) is 13.4. The van der Waals surface area contributed by atoms with Crippen LogP contribution in [-0.4, -0.2) is 31.9 Å². The molecule has 1 heterocycles. The van der Waals surface area contributed by atoms with Gasteiger partial charge >= 0.3 is 0 Å². The molecule has 0 aliphatic carbocycles. The minimum absolute atomic E-state index is 0.184. The van der Waals surface area contributed by atoms with Crippen LogP contribution >= 0.6 is 0 Å². The standard InChI is InChI=1S/C18H19F2NO3/c1-21(6-7-23-17-4-2-15(19)3-5-17)10-13-8-16(20)9-14-11-22-12-24-18(13)14/h2-5,8-9H,6-7,10-12H2,1H3. The highest BCUT2D eigenvalue weighted by Gasteiger charge is 2.17. The van der Waals surface area contributed by atoms with E-state index in [4.69, 9.17) is 14.2 Å². The summed E-state index contributed by atoms with van der Waals surface area (Å²) >= 11 is 0. The van der Waals surface area contributed by atoms with E-state index >= 15 is 0 Å². The van der Waals surface area contributed by atoms with Gasteiger partial charge in [-0.3, -0.25) is 4.90 Å². The lowest BCUT2D eigenvalue weighted by molar-refractivity contribution is -0.0176. The first kappa shape index (κ1) is 16.7. The van der Waals surface area contributed by atoms with Crippen LogP contribution in [0, 0.1) is 11.6 Å². The van der Waals surface area contributed by atoms with Crippen molar-refractivity contribution in [3.8, 4) is 11.5 Å². The van der Waals surface area contributed by atoms with Gasteiger partial charge in [-0.25, -0.2) is 8.78 Å². The third-order valence-electron chi connectivity index (χ3n) is 3.75. The number of fused-ring (bicyclic) bond motifs is 1. The summed E-state index contributed by atoms with van der Waals surface area (Å²) in [6.45, 7) is 2.16. The number of halogens is 2. The molecule has 6 heteroatoms. The van der Waals surface area contributed by atoms with Crippen molar-refractivity contribution in [2.45, 2.75) is 13.2 Å². The van der Waals surface area contributed by atoms with E-state index in [1.165, 1.54) is 24.3 Å². The molecule has 0 spiro atoms. The molecular weight excluding hydrogens is 316 g/mol. The fourth-order valence-corrected chi connectivity index (χ4v) is 2.59. The Labute approximate surface area is 139 Å². The maximum absolute atomic E-state index is 13.7. The quantitative estimate of drug-likeness (QED) is 0.810. The molecule has 24 heavy (non-hydrogen) atoms. The molecule has 128 valence electrons. The van der Waals surface area contributed by atoms with E-state index in [-0.39, 0.29) is 18.4 Å². The second-order valence-corrected chi connectivity index (χ2v) is 5.70. The van der Waals surface area contributed by atoms with Gasteiger partial charge in [-0.15, -0.1) is 0 Å². The van der Waals surface area contributed by atoms with Crippen LogP contribution in [0.15, 0.2) is 36.4 Å². The molecule has 2 aromatic carbocycles. The van der Waals surface area contributed by atoms with E-state index in [0.29, 0.717) is 37.8 Å². The first-order valence-corrected chi connectivity index (χ1v) is 7.70. The zero-order valence-electron chi connectivity index (χ0n) is 13.4. The molecule has 2 aromatic rings. The Morgan fingerprint density at radius 1 is 1.12 bits per heavy atom. The summed E-state index contributed by atoms with van der Waals surface area (Å²) in [6.07, 6.45) is 0. The summed E-state index contributed by atoms with van der Waals surface area (Å²) in [5, 5.41) is 0. The lowest BCUT2D eigenvalue weighted by atomic mass is 10.1. The van der Waals surface area contributed by atoms with Crippen molar-refractivity contribution < 1.29 is 23.0 Å². The first-order valence-electron chi connectivity index (χ1n) is 7.70. The minimum Gasteiger partial charge on any atom is -0.492 e. The topological polar surface area (TPSA) is 30.9 Å². The third kappa shape index (κ3) is 4.21. The van der Waals surface area contributed by atoms with Gasteiger partial charge in [0.15, 0.2) is 6.79 Å². The molecule has 0 amide bonds. The van der Waals surface area contributed by atoms with Crippen LogP contribution < -0.4 is 9.47 Å². The number of hydrogen-bond acceptors (Lipinski definition) is 4. The fourth-order valence-electron chi connectivity index (χ4n) is 2.59. The van der Waals surface area contributed by atoms with E-state index < -0.39 is 0 Å². The normalized spacial score (nSPS) is 13.5. The van der Waals surface area contributed by atoms with Crippen LogP contribution in [0.25, 0.3) is 0 Å². The molecule has 0 unspecified atom stereocenters. The molecule has 0 atom stereocenters. The van der Waals surface area contributed by atoms with Crippen molar-refractivity contribution in [3.63, 3.8) is 0 Å². The van der Waals surface area contributed by atoms with Gasteiger partial charge < -0.3 is 14.2 Å². The smallest absolute Gasteiger partial charge is 0.189 e. The molecule has 0 saturated heterocycles. The Kier molecular flexibility index (Phi) is 5.27. The van der Waals surface area contributed by atoms with Gasteiger partial charge in [-0.2, -0.15) is 0 Å². The average Bonchev–Trinajstić information content (AvgIpc) is 2.56. The van der Waals surface area contributed by atoms with E-state index in [2.05, 4.69) is 0 Å². The molecule has 0 saturated carbocycles. The predicted octanol–water partition coefficient (Wildman–Crippen LogP) is 3.34. The van der Waals surface area contributed by atoms with Crippen LogP contribution in [0.2, 0.25) is 0 Å². The number of hydrogen-bond donors (Lipinski definition) is 0. The Bertz CT molecular complexity index is 691. The number of rotatable bonds is 6. The fraction of sp³-hybridized carbons (Fsp3) is 0.333. The van der Waals surface area contributed by atoms with Crippen molar-refractivity contribution >= 4 is 0 Å². The lowest BCUT2D eigenvalue weighted by Crippen LogP contribution is -2.25. The monoisotopic (exact) mass is 335 g/mol. The van der Waals surface area contributed by atoms with Crippen molar-refractivity contribution in [1.82, 2.24) is 4.90 Å². The number of nitrogens with zero attached hydrogens (tertiary/aromatic N) is 1. The molecule has 3 rings (SSSR count). The SMILES string of the molecule is CN(CCOc1ccc(F)cc1)Cc1cc(F)cc2c1OCOC2. The van der Waals surface area contributed by atoms with Crippen LogP contribution in [0.1, 0.15) is 11.1 Å². The second-order valence-electron chi connectivity index (χ2n) is 5.70. The summed E-state index contributed by atoms with van der Waals surface area (Å²) < 4.78 is 42.8. The zero-order chi connectivity index (χ0) is 16.9. The van der Waals surface area contributed by atoms with Gasteiger partial charge in [0.05, 0.1) is 6.61 Å². The highest BCUT2D eigenvalue weighted by molar-refractivity contribution is 5.42. The van der Waals surface area contributed by atoms with Crippen molar-refractivity contribution in [3.05, 3.63) is 59.2 Å². The van der Waals surface area contributed by atoms with Crippen LogP contribution in [0.3, 0.4) is 0 Å². The highest BCUT2D eigenvalue weighted by Crippen LogP contribution is 2.30. The summed E-state index contributed by atoms with van der Waals surface area (Å²) in [7, 11) is 1.92. The summed E-state index contributed by atoms with van der Waals surface area (Å²) in [5.74, 6) is 0.732. The molecule has 0 aromatic heterocycles. The van der Waals surface area contributed by atoms with Crippen LogP contribution in [0.5, 0.6) is 11.5 Å². The Hall–Kier alpha value is -2.18. The molecule has 0 radical (unpaired) electrons. The van der Waals surface area contributed by atoms with E-state index in [9.17, 15) is 8.78 Å². The van der Waals surface area contributed by atoms with Gasteiger partial charge in [0.1, 0.15) is 29.7 Å². The summed E-state index contributed by atoms with van der Waals surface area (Å²) in [6, 6.07) is 8.82. The maximum Gasteiger partial charge on any atom is 0.189 e. The molecule has 1 aliphatic heterocycles. The largest absolute Gasteiger partial charge is 0.492 e. The van der Waals surface area contributed by atoms with Gasteiger partial charge in [0, 0.05) is 24.2 Å². The van der Waals surface area contributed by atoms with Gasteiger partial charge in [-0.1, -0.05) is 0 Å². The van der Waals surface area contributed by atoms with Gasteiger partial charge in [0.25, 0.3) is 0 Å². The average molecular weight is 335 g/mol. The van der Waals surface area contributed by atoms with Crippen molar-refractivity contribution in [2.24, 2.45) is 0 Å². The lowest BCUT2D eigenvalue weighted by Gasteiger charge is -2.23. The van der Waals surface area contributed by atoms with Crippen LogP contribution in [0.4, 0.5) is 8.78 Å². The minimum atomic E-state index is -0.297. The number of likely N-dealkylation sites (N-methyl/N-ethyl adjacent to an activating group) is 1. The first-order chi connectivity index (χ1) is 11.6. The van der Waals surface area contributed by atoms with Gasteiger partial charge in [-0.05, 0) is 43.4 Å². The molecule has 4 nitrogen and oxygen atoms in total. The maximum atomic E-state index is 13.7. The molecule has 0 N–H and O–H groups in total. The van der Waals surface area contributed by atoms with Crippen molar-refractivity contribution in [1.29, 1.82) is 0 Å².